The second-order valence-electron chi connectivity index (χ2n) is 25.4. The minimum absolute atomic E-state index is 0.0605. The summed E-state index contributed by atoms with van der Waals surface area (Å²) in [4.78, 5) is 24.7. The molecule has 0 aliphatic heterocycles. The van der Waals surface area contributed by atoms with Gasteiger partial charge in [-0.25, -0.2) is 0 Å². The summed E-state index contributed by atoms with van der Waals surface area (Å²) in [7, 11) is 0. The van der Waals surface area contributed by atoms with Crippen molar-refractivity contribution in [3.63, 3.8) is 0 Å². The highest BCUT2D eigenvalue weighted by atomic mass is 16.6. The molecule has 1 atom stereocenters. The predicted molar refractivity (Wildman–Crippen MR) is 362 cm³/mol. The molecule has 0 radical (unpaired) electrons. The Hall–Kier alpha value is -2.14. The Balaban J connectivity index is 3.38. The Morgan fingerprint density at radius 3 is 0.744 bits per heavy atom. The van der Waals surface area contributed by atoms with Gasteiger partial charge in [-0.2, -0.15) is 0 Å². The van der Waals surface area contributed by atoms with Crippen LogP contribution in [0.25, 0.3) is 0 Å². The quantitative estimate of drug-likeness (QED) is 0.0373. The van der Waals surface area contributed by atoms with Crippen molar-refractivity contribution in [2.24, 2.45) is 0 Å². The van der Waals surface area contributed by atoms with Crippen LogP contribution in [-0.2, 0) is 19.1 Å². The summed E-state index contributed by atoms with van der Waals surface area (Å²) in [6.45, 7) is 4.19. The molecule has 5 heteroatoms. The van der Waals surface area contributed by atoms with E-state index in [9.17, 15) is 14.7 Å². The molecule has 0 aliphatic rings. The van der Waals surface area contributed by atoms with Gasteiger partial charge in [0, 0.05) is 12.8 Å². The van der Waals surface area contributed by atoms with Crippen molar-refractivity contribution in [1.82, 2.24) is 0 Å². The summed E-state index contributed by atoms with van der Waals surface area (Å²) in [6, 6.07) is 0. The Morgan fingerprint density at radius 2 is 0.488 bits per heavy atom. The molecule has 0 bridgehead atoms. The Labute approximate surface area is 513 Å². The van der Waals surface area contributed by atoms with E-state index in [1.807, 2.05) is 0 Å². The minimum atomic E-state index is -0.772. The number of carbonyl (C=O) groups is 2. The summed E-state index contributed by atoms with van der Waals surface area (Å²) in [5.74, 6) is -0.568. The number of rotatable bonds is 70. The first-order valence-electron chi connectivity index (χ1n) is 37.2. The third-order valence-corrected chi connectivity index (χ3v) is 17.1. The SMILES string of the molecule is CCCCCCC/C=C\C/C=C\C/C=C\CCCCCCCCCCCCCCCCCCC(=O)OC(CO)COC(=O)CCCCCCCCCCCCCCCCCCCCCCCCCCC/C=C\CCCCCCCCCC. The molecule has 0 amide bonds. The summed E-state index contributed by atoms with van der Waals surface area (Å²) in [6.07, 6.45) is 98.9. The van der Waals surface area contributed by atoms with Gasteiger partial charge in [0.2, 0.25) is 0 Å². The summed E-state index contributed by atoms with van der Waals surface area (Å²) in [5, 5.41) is 9.71. The van der Waals surface area contributed by atoms with Gasteiger partial charge in [0.05, 0.1) is 6.61 Å². The molecular weight excluding hydrogens is 1000 g/mol. The van der Waals surface area contributed by atoms with E-state index in [-0.39, 0.29) is 25.2 Å². The fourth-order valence-corrected chi connectivity index (χ4v) is 11.5. The van der Waals surface area contributed by atoms with Crippen molar-refractivity contribution < 1.29 is 24.2 Å². The monoisotopic (exact) mass is 1150 g/mol. The lowest BCUT2D eigenvalue weighted by Crippen LogP contribution is -2.28. The average Bonchev–Trinajstić information content (AvgIpc) is 3.49. The van der Waals surface area contributed by atoms with E-state index in [0.717, 1.165) is 44.9 Å². The fourth-order valence-electron chi connectivity index (χ4n) is 11.5. The molecule has 0 rings (SSSR count). The Kier molecular flexibility index (Phi) is 71.2. The van der Waals surface area contributed by atoms with Gasteiger partial charge in [-0.3, -0.25) is 9.59 Å². The molecule has 82 heavy (non-hydrogen) atoms. The standard InChI is InChI=1S/C77H144O5/c1-3-5-7-9-11-13-15-17-19-21-23-25-27-29-31-33-35-36-37-38-39-40-42-43-45-47-49-51-53-55-57-59-61-63-65-67-69-71-76(79)81-74-75(73-78)82-77(80)72-70-68-66-64-62-60-58-56-54-52-50-48-46-44-41-34-32-30-28-26-24-22-20-18-16-14-12-10-8-6-4-2/h16,18,21-24,28,30,75,78H,3-15,17,19-20,25-27,29,31-74H2,1-2H3/b18-16-,23-21-,24-22-,30-28-. The van der Waals surface area contributed by atoms with Crippen LogP contribution < -0.4 is 0 Å². The minimum Gasteiger partial charge on any atom is -0.462 e. The molecule has 0 aliphatic carbocycles. The zero-order chi connectivity index (χ0) is 59.1. The number of hydrogen-bond donors (Lipinski definition) is 1. The van der Waals surface area contributed by atoms with Crippen LogP contribution in [0, 0.1) is 0 Å². The molecule has 1 unspecified atom stereocenters. The third kappa shape index (κ3) is 70.3. The van der Waals surface area contributed by atoms with E-state index in [2.05, 4.69) is 62.5 Å². The zero-order valence-corrected chi connectivity index (χ0v) is 55.5. The van der Waals surface area contributed by atoms with E-state index in [1.165, 1.54) is 340 Å². The number of carbonyl (C=O) groups excluding carboxylic acids is 2. The van der Waals surface area contributed by atoms with Gasteiger partial charge in [-0.1, -0.05) is 371 Å². The number of aliphatic hydroxyl groups is 1. The molecule has 0 spiro atoms. The van der Waals surface area contributed by atoms with Gasteiger partial charge >= 0.3 is 11.9 Å². The molecule has 0 fully saturated rings. The van der Waals surface area contributed by atoms with Crippen molar-refractivity contribution in [2.45, 2.75) is 418 Å². The number of aliphatic hydroxyl groups excluding tert-OH is 1. The molecule has 0 saturated carbocycles. The first kappa shape index (κ1) is 79.9. The molecule has 482 valence electrons. The zero-order valence-electron chi connectivity index (χ0n) is 55.5. The smallest absolute Gasteiger partial charge is 0.306 e. The highest BCUT2D eigenvalue weighted by molar-refractivity contribution is 5.70. The van der Waals surface area contributed by atoms with E-state index in [1.54, 1.807) is 0 Å². The second kappa shape index (κ2) is 73.1. The molecule has 1 N–H and O–H groups in total. The van der Waals surface area contributed by atoms with Crippen LogP contribution in [0.1, 0.15) is 412 Å². The highest BCUT2D eigenvalue weighted by Gasteiger charge is 2.16. The fraction of sp³-hybridized carbons (Fsp3) is 0.870. The van der Waals surface area contributed by atoms with Crippen LogP contribution in [0.3, 0.4) is 0 Å². The molecule has 0 aromatic carbocycles. The Morgan fingerprint density at radius 1 is 0.280 bits per heavy atom. The number of ether oxygens (including phenoxy) is 2. The normalized spacial score (nSPS) is 12.4. The van der Waals surface area contributed by atoms with Gasteiger partial charge in [0.25, 0.3) is 0 Å². The lowest BCUT2D eigenvalue weighted by molar-refractivity contribution is -0.161. The maximum atomic E-state index is 12.4. The average molecular weight is 1150 g/mol. The third-order valence-electron chi connectivity index (χ3n) is 17.1. The summed E-state index contributed by atoms with van der Waals surface area (Å²) >= 11 is 0. The molecule has 5 nitrogen and oxygen atoms in total. The Bertz CT molecular complexity index is 1350. The van der Waals surface area contributed by atoms with Crippen LogP contribution in [0.4, 0.5) is 0 Å². The second-order valence-corrected chi connectivity index (χ2v) is 25.4. The molecular formula is C77H144O5. The van der Waals surface area contributed by atoms with Gasteiger partial charge in [0.15, 0.2) is 6.10 Å². The van der Waals surface area contributed by atoms with Crippen molar-refractivity contribution in [3.05, 3.63) is 48.6 Å². The number of esters is 2. The first-order valence-corrected chi connectivity index (χ1v) is 37.2. The van der Waals surface area contributed by atoms with Crippen molar-refractivity contribution >= 4 is 11.9 Å². The van der Waals surface area contributed by atoms with Crippen molar-refractivity contribution in [3.8, 4) is 0 Å². The lowest BCUT2D eigenvalue weighted by atomic mass is 10.0. The predicted octanol–water partition coefficient (Wildman–Crippen LogP) is 25.9. The van der Waals surface area contributed by atoms with Crippen LogP contribution in [-0.4, -0.2) is 36.4 Å². The maximum absolute atomic E-state index is 12.4. The van der Waals surface area contributed by atoms with Crippen molar-refractivity contribution in [2.75, 3.05) is 13.2 Å². The number of allylic oxidation sites excluding steroid dienone is 8. The van der Waals surface area contributed by atoms with E-state index in [4.69, 9.17) is 9.47 Å². The van der Waals surface area contributed by atoms with Crippen LogP contribution in [0.2, 0.25) is 0 Å². The highest BCUT2D eigenvalue weighted by Crippen LogP contribution is 2.19. The summed E-state index contributed by atoms with van der Waals surface area (Å²) < 4.78 is 10.8. The molecule has 0 aromatic rings. The van der Waals surface area contributed by atoms with E-state index >= 15 is 0 Å². The van der Waals surface area contributed by atoms with Gasteiger partial charge in [-0.15, -0.1) is 0 Å². The lowest BCUT2D eigenvalue weighted by Gasteiger charge is -2.15. The largest absolute Gasteiger partial charge is 0.462 e. The number of unbranched alkanes of at least 4 members (excludes halogenated alkanes) is 54. The number of hydrogen-bond acceptors (Lipinski definition) is 5. The van der Waals surface area contributed by atoms with Crippen LogP contribution in [0.5, 0.6) is 0 Å². The van der Waals surface area contributed by atoms with Gasteiger partial charge in [0.1, 0.15) is 6.61 Å². The summed E-state index contributed by atoms with van der Waals surface area (Å²) in [5.41, 5.74) is 0. The first-order chi connectivity index (χ1) is 40.6. The molecule has 0 heterocycles. The molecule has 0 saturated heterocycles. The van der Waals surface area contributed by atoms with E-state index in [0.29, 0.717) is 12.8 Å². The molecule has 0 aromatic heterocycles. The van der Waals surface area contributed by atoms with E-state index < -0.39 is 6.10 Å². The van der Waals surface area contributed by atoms with Gasteiger partial charge < -0.3 is 14.6 Å². The van der Waals surface area contributed by atoms with Crippen LogP contribution in [0.15, 0.2) is 48.6 Å². The maximum Gasteiger partial charge on any atom is 0.306 e. The van der Waals surface area contributed by atoms with Crippen LogP contribution >= 0.6 is 0 Å². The van der Waals surface area contributed by atoms with Gasteiger partial charge in [-0.05, 0) is 77.0 Å². The topological polar surface area (TPSA) is 72.8 Å². The van der Waals surface area contributed by atoms with Crippen molar-refractivity contribution in [1.29, 1.82) is 0 Å².